The van der Waals surface area contributed by atoms with Gasteiger partial charge in [0.1, 0.15) is 16.0 Å². The van der Waals surface area contributed by atoms with E-state index in [1.54, 1.807) is 6.92 Å². The fourth-order valence-corrected chi connectivity index (χ4v) is 3.02. The van der Waals surface area contributed by atoms with Gasteiger partial charge in [-0.25, -0.2) is 0 Å². The van der Waals surface area contributed by atoms with Gasteiger partial charge >= 0.3 is 5.97 Å². The van der Waals surface area contributed by atoms with Gasteiger partial charge in [-0.05, 0) is 6.92 Å². The van der Waals surface area contributed by atoms with Gasteiger partial charge in [0.15, 0.2) is 0 Å². The predicted octanol–water partition coefficient (Wildman–Crippen LogP) is 3.86. The summed E-state index contributed by atoms with van der Waals surface area (Å²) in [4.78, 5) is 11.1. The lowest BCUT2D eigenvalue weighted by atomic mass is 10.1. The van der Waals surface area contributed by atoms with Gasteiger partial charge in [0.05, 0.1) is 0 Å². The Bertz CT molecular complexity index is 821. The highest BCUT2D eigenvalue weighted by Gasteiger charge is 2.17. The number of fused-ring (bicyclic) bond motifs is 1. The van der Waals surface area contributed by atoms with Crippen LogP contribution in [-0.4, -0.2) is 26.5 Å². The molecule has 22 heavy (non-hydrogen) atoms. The van der Waals surface area contributed by atoms with Gasteiger partial charge in [0.2, 0.25) is 0 Å². The third-order valence-electron chi connectivity index (χ3n) is 3.34. The van der Waals surface area contributed by atoms with Gasteiger partial charge in [-0.3, -0.25) is 4.79 Å². The van der Waals surface area contributed by atoms with Crippen molar-refractivity contribution in [1.29, 1.82) is 0 Å². The Morgan fingerprint density at radius 1 is 1.00 bits per heavy atom. The Labute approximate surface area is 132 Å². The third-order valence-corrected chi connectivity index (χ3v) is 4.42. The van der Waals surface area contributed by atoms with Crippen LogP contribution >= 0.6 is 11.8 Å². The number of benzene rings is 2. The van der Waals surface area contributed by atoms with Crippen molar-refractivity contribution in [3.8, 4) is 11.3 Å². The van der Waals surface area contributed by atoms with Crippen LogP contribution in [0.25, 0.3) is 22.0 Å². The highest BCUT2D eigenvalue weighted by Crippen LogP contribution is 2.33. The van der Waals surface area contributed by atoms with Gasteiger partial charge in [0, 0.05) is 16.3 Å². The minimum Gasteiger partial charge on any atom is -0.480 e. The Morgan fingerprint density at radius 3 is 2.32 bits per heavy atom. The molecule has 0 aliphatic carbocycles. The van der Waals surface area contributed by atoms with E-state index in [0.717, 1.165) is 22.0 Å². The molecule has 1 atom stereocenters. The summed E-state index contributed by atoms with van der Waals surface area (Å²) < 4.78 is 0. The minimum atomic E-state index is -0.858. The second kappa shape index (κ2) is 6.15. The van der Waals surface area contributed by atoms with Crippen molar-refractivity contribution in [3.63, 3.8) is 0 Å². The summed E-state index contributed by atoms with van der Waals surface area (Å²) >= 11 is 1.21. The SMILES string of the molecule is CC(Sc1nnc(-c2ccccc2)c2ccccc12)C(=O)O. The fraction of sp³-hybridized carbons (Fsp3) is 0.118. The van der Waals surface area contributed by atoms with Crippen molar-refractivity contribution >= 4 is 28.5 Å². The predicted molar refractivity (Wildman–Crippen MR) is 87.9 cm³/mol. The molecule has 110 valence electrons. The average Bonchev–Trinajstić information content (AvgIpc) is 2.56. The fourth-order valence-electron chi connectivity index (χ4n) is 2.19. The number of hydrogen-bond acceptors (Lipinski definition) is 4. The molecule has 0 saturated carbocycles. The maximum absolute atomic E-state index is 11.1. The van der Waals surface area contributed by atoms with E-state index in [9.17, 15) is 4.79 Å². The van der Waals surface area contributed by atoms with Gasteiger partial charge in [-0.1, -0.05) is 66.4 Å². The van der Waals surface area contributed by atoms with Crippen molar-refractivity contribution in [2.75, 3.05) is 0 Å². The lowest BCUT2D eigenvalue weighted by Gasteiger charge is -2.10. The zero-order valence-corrected chi connectivity index (χ0v) is 12.7. The Kier molecular flexibility index (Phi) is 4.06. The van der Waals surface area contributed by atoms with Crippen LogP contribution in [0, 0.1) is 0 Å². The second-order valence-electron chi connectivity index (χ2n) is 4.86. The number of aliphatic carboxylic acids is 1. The van der Waals surface area contributed by atoms with Gasteiger partial charge < -0.3 is 5.11 Å². The number of thioether (sulfide) groups is 1. The number of aromatic nitrogens is 2. The number of nitrogens with zero attached hydrogens (tertiary/aromatic N) is 2. The zero-order valence-electron chi connectivity index (χ0n) is 11.9. The standard InChI is InChI=1S/C17H14N2O2S/c1-11(17(20)21)22-16-14-10-6-5-9-13(14)15(18-19-16)12-7-3-2-4-8-12/h2-11H,1H3,(H,20,21). The molecule has 0 fully saturated rings. The van der Waals surface area contributed by atoms with E-state index in [-0.39, 0.29) is 0 Å². The summed E-state index contributed by atoms with van der Waals surface area (Å²) in [5, 5.41) is 19.6. The topological polar surface area (TPSA) is 63.1 Å². The molecule has 0 aliphatic heterocycles. The van der Waals surface area contributed by atoms with Crippen molar-refractivity contribution in [3.05, 3.63) is 54.6 Å². The van der Waals surface area contributed by atoms with Crippen molar-refractivity contribution in [2.24, 2.45) is 0 Å². The monoisotopic (exact) mass is 310 g/mol. The molecule has 1 aromatic heterocycles. The largest absolute Gasteiger partial charge is 0.480 e. The van der Waals surface area contributed by atoms with Crippen molar-refractivity contribution in [2.45, 2.75) is 17.2 Å². The molecule has 3 rings (SSSR count). The Hall–Kier alpha value is -2.40. The molecule has 2 aromatic carbocycles. The third kappa shape index (κ3) is 2.80. The number of rotatable bonds is 4. The first-order valence-electron chi connectivity index (χ1n) is 6.87. The quantitative estimate of drug-likeness (QED) is 0.741. The maximum atomic E-state index is 11.1. The lowest BCUT2D eigenvalue weighted by Crippen LogP contribution is -2.11. The molecular weight excluding hydrogens is 296 g/mol. The molecule has 1 N–H and O–H groups in total. The molecule has 1 heterocycles. The van der Waals surface area contributed by atoms with E-state index in [1.165, 1.54) is 11.8 Å². The van der Waals surface area contributed by atoms with Crippen LogP contribution in [-0.2, 0) is 4.79 Å². The molecule has 0 saturated heterocycles. The lowest BCUT2D eigenvalue weighted by molar-refractivity contribution is -0.136. The van der Waals surface area contributed by atoms with E-state index in [1.807, 2.05) is 54.6 Å². The molecule has 0 bridgehead atoms. The van der Waals surface area contributed by atoms with E-state index < -0.39 is 11.2 Å². The van der Waals surface area contributed by atoms with Gasteiger partial charge in [0.25, 0.3) is 0 Å². The molecule has 3 aromatic rings. The Balaban J connectivity index is 2.13. The van der Waals surface area contributed by atoms with E-state index in [2.05, 4.69) is 10.2 Å². The molecule has 0 radical (unpaired) electrons. The first-order valence-corrected chi connectivity index (χ1v) is 7.75. The molecule has 1 unspecified atom stereocenters. The van der Waals surface area contributed by atoms with Gasteiger partial charge in [-0.15, -0.1) is 10.2 Å². The highest BCUT2D eigenvalue weighted by atomic mass is 32.2. The number of hydrogen-bond donors (Lipinski definition) is 1. The highest BCUT2D eigenvalue weighted by molar-refractivity contribution is 8.00. The van der Waals surface area contributed by atoms with Gasteiger partial charge in [-0.2, -0.15) is 0 Å². The minimum absolute atomic E-state index is 0.569. The van der Waals surface area contributed by atoms with Crippen LogP contribution in [0.5, 0.6) is 0 Å². The first-order chi connectivity index (χ1) is 10.7. The smallest absolute Gasteiger partial charge is 0.316 e. The summed E-state index contributed by atoms with van der Waals surface area (Å²) in [5.74, 6) is -0.858. The van der Waals surface area contributed by atoms with E-state index in [0.29, 0.717) is 5.03 Å². The summed E-state index contributed by atoms with van der Waals surface area (Å²) in [7, 11) is 0. The van der Waals surface area contributed by atoms with Crippen LogP contribution in [0.3, 0.4) is 0 Å². The van der Waals surface area contributed by atoms with Crippen LogP contribution < -0.4 is 0 Å². The maximum Gasteiger partial charge on any atom is 0.316 e. The molecule has 4 nitrogen and oxygen atoms in total. The average molecular weight is 310 g/mol. The van der Waals surface area contributed by atoms with Crippen LogP contribution in [0.2, 0.25) is 0 Å². The van der Waals surface area contributed by atoms with Crippen molar-refractivity contribution in [1.82, 2.24) is 10.2 Å². The molecule has 0 spiro atoms. The summed E-state index contributed by atoms with van der Waals surface area (Å²) in [6.45, 7) is 1.65. The van der Waals surface area contributed by atoms with E-state index >= 15 is 0 Å². The molecule has 5 heteroatoms. The zero-order chi connectivity index (χ0) is 15.5. The first kappa shape index (κ1) is 14.5. The van der Waals surface area contributed by atoms with Crippen LogP contribution in [0.15, 0.2) is 59.6 Å². The summed E-state index contributed by atoms with van der Waals surface area (Å²) in [6.07, 6.45) is 0. The van der Waals surface area contributed by atoms with E-state index in [4.69, 9.17) is 5.11 Å². The molecular formula is C17H14N2O2S. The van der Waals surface area contributed by atoms with Crippen LogP contribution in [0.1, 0.15) is 6.92 Å². The normalized spacial score (nSPS) is 12.2. The Morgan fingerprint density at radius 2 is 1.64 bits per heavy atom. The number of carbonyl (C=O) groups is 1. The summed E-state index contributed by atoms with van der Waals surface area (Å²) in [5.41, 5.74) is 1.80. The molecule has 0 aliphatic rings. The second-order valence-corrected chi connectivity index (χ2v) is 6.19. The van der Waals surface area contributed by atoms with Crippen molar-refractivity contribution < 1.29 is 9.90 Å². The summed E-state index contributed by atoms with van der Waals surface area (Å²) in [6, 6.07) is 17.7. The number of carboxylic acids is 1. The molecule has 0 amide bonds. The number of carboxylic acid groups (broad SMARTS) is 1. The van der Waals surface area contributed by atoms with Crippen LogP contribution in [0.4, 0.5) is 0 Å².